The molecule has 8 nitrogen and oxygen atoms in total. The number of sulfone groups is 1. The zero-order valence-corrected chi connectivity index (χ0v) is 19.4. The largest absolute Gasteiger partial charge is 0.487 e. The summed E-state index contributed by atoms with van der Waals surface area (Å²) in [4.78, 5) is 24.0. The van der Waals surface area contributed by atoms with E-state index in [9.17, 15) is 27.5 Å². The Labute approximate surface area is 196 Å². The number of nitrogens with one attached hydrogen (secondary N) is 2. The van der Waals surface area contributed by atoms with Crippen LogP contribution in [0.5, 0.6) is 0 Å². The van der Waals surface area contributed by atoms with Crippen molar-refractivity contribution in [3.8, 4) is 0 Å². The Hall–Kier alpha value is -3.24. The number of anilines is 1. The highest BCUT2D eigenvalue weighted by Gasteiger charge is 2.32. The summed E-state index contributed by atoms with van der Waals surface area (Å²) in [6.45, 7) is 2.15. The maximum Gasteiger partial charge on any atom is 0.320 e. The third-order valence-corrected chi connectivity index (χ3v) is 7.74. The van der Waals surface area contributed by atoms with Gasteiger partial charge in [-0.2, -0.15) is 0 Å². The molecule has 0 radical (unpaired) electrons. The number of rotatable bonds is 9. The lowest BCUT2D eigenvalue weighted by Gasteiger charge is -2.14. The number of halogens is 1. The minimum absolute atomic E-state index is 0.00456. The second-order valence-corrected chi connectivity index (χ2v) is 10.7. The quantitative estimate of drug-likeness (QED) is 0.464. The summed E-state index contributed by atoms with van der Waals surface area (Å²) in [7, 11) is -3.24. The molecule has 0 aliphatic carbocycles. The lowest BCUT2D eigenvalue weighted by atomic mass is 9.98. The smallest absolute Gasteiger partial charge is 0.320 e. The summed E-state index contributed by atoms with van der Waals surface area (Å²) < 4.78 is 43.0. The van der Waals surface area contributed by atoms with Crippen LogP contribution in [-0.4, -0.2) is 49.5 Å². The average molecular weight is 489 g/mol. The highest BCUT2D eigenvalue weighted by atomic mass is 32.2. The minimum Gasteiger partial charge on any atom is -0.487 e. The predicted molar refractivity (Wildman–Crippen MR) is 125 cm³/mol. The SMILES string of the molecule is CCS(=O)(=O)CCC(NCCc1ccc2c(c1)CO/C2=C1/C(=O)Nc2ccc(F)cc21)C(=O)O. The first-order valence-corrected chi connectivity index (χ1v) is 12.8. The van der Waals surface area contributed by atoms with E-state index in [-0.39, 0.29) is 30.4 Å². The molecule has 180 valence electrons. The van der Waals surface area contributed by atoms with E-state index in [1.165, 1.54) is 25.1 Å². The number of ether oxygens (including phenoxy) is 1. The Morgan fingerprint density at radius 3 is 2.76 bits per heavy atom. The van der Waals surface area contributed by atoms with Gasteiger partial charge in [-0.15, -0.1) is 0 Å². The van der Waals surface area contributed by atoms with E-state index in [0.29, 0.717) is 35.5 Å². The van der Waals surface area contributed by atoms with Crippen LogP contribution >= 0.6 is 0 Å². The Morgan fingerprint density at radius 1 is 1.24 bits per heavy atom. The van der Waals surface area contributed by atoms with E-state index in [2.05, 4.69) is 10.6 Å². The van der Waals surface area contributed by atoms with Crippen molar-refractivity contribution < 1.29 is 32.2 Å². The second-order valence-electron chi connectivity index (χ2n) is 8.25. The zero-order chi connectivity index (χ0) is 24.5. The third kappa shape index (κ3) is 4.97. The predicted octanol–water partition coefficient (Wildman–Crippen LogP) is 2.59. The minimum atomic E-state index is -3.24. The molecule has 0 saturated carbocycles. The van der Waals surface area contributed by atoms with Gasteiger partial charge in [-0.05, 0) is 43.1 Å². The van der Waals surface area contributed by atoms with Crippen molar-refractivity contribution in [1.82, 2.24) is 5.32 Å². The fraction of sp³-hybridized carbons (Fsp3) is 0.333. The topological polar surface area (TPSA) is 122 Å². The van der Waals surface area contributed by atoms with Crippen LogP contribution in [0.3, 0.4) is 0 Å². The molecule has 0 bridgehead atoms. The van der Waals surface area contributed by atoms with Crippen LogP contribution in [0.4, 0.5) is 10.1 Å². The van der Waals surface area contributed by atoms with Crippen molar-refractivity contribution in [2.45, 2.75) is 32.4 Å². The standard InChI is InChI=1S/C24H25FN2O6S/c1-2-34(31,32)10-8-20(24(29)30)26-9-7-14-3-5-17-15(11-14)13-33-22(17)21-18-12-16(25)4-6-19(18)27-23(21)28/h3-6,11-12,20,26H,2,7-10,13H2,1H3,(H,27,28)(H,29,30)/b22-21+. The fourth-order valence-electron chi connectivity index (χ4n) is 4.09. The van der Waals surface area contributed by atoms with Gasteiger partial charge < -0.3 is 20.5 Å². The van der Waals surface area contributed by atoms with Crippen molar-refractivity contribution >= 4 is 38.7 Å². The van der Waals surface area contributed by atoms with Gasteiger partial charge in [0.15, 0.2) is 0 Å². The number of carboxylic acid groups (broad SMARTS) is 1. The number of benzene rings is 2. The Kier molecular flexibility index (Phi) is 6.72. The van der Waals surface area contributed by atoms with Crippen LogP contribution < -0.4 is 10.6 Å². The average Bonchev–Trinajstić information content (AvgIpc) is 3.34. The number of aliphatic carboxylic acids is 1. The molecule has 0 fully saturated rings. The first-order chi connectivity index (χ1) is 16.2. The maximum atomic E-state index is 13.8. The van der Waals surface area contributed by atoms with Gasteiger partial charge in [-0.1, -0.05) is 25.1 Å². The molecule has 2 aliphatic heterocycles. The molecule has 1 amide bonds. The third-order valence-electron chi connectivity index (χ3n) is 6.00. The molecule has 1 unspecified atom stereocenters. The van der Waals surface area contributed by atoms with Gasteiger partial charge in [0.25, 0.3) is 5.91 Å². The molecule has 0 spiro atoms. The molecule has 2 aliphatic rings. The number of fused-ring (bicyclic) bond motifs is 2. The normalized spacial score (nSPS) is 17.6. The number of amides is 1. The molecule has 10 heteroatoms. The first kappa shape index (κ1) is 23.9. The van der Waals surface area contributed by atoms with Gasteiger partial charge in [-0.3, -0.25) is 9.59 Å². The van der Waals surface area contributed by atoms with Crippen LogP contribution in [0.15, 0.2) is 36.4 Å². The van der Waals surface area contributed by atoms with Crippen molar-refractivity contribution in [2.75, 3.05) is 23.4 Å². The van der Waals surface area contributed by atoms with Gasteiger partial charge in [0.1, 0.15) is 34.1 Å². The van der Waals surface area contributed by atoms with Gasteiger partial charge in [0, 0.05) is 28.1 Å². The molecule has 1 atom stereocenters. The van der Waals surface area contributed by atoms with Crippen molar-refractivity contribution in [3.05, 3.63) is 64.5 Å². The molecule has 2 heterocycles. The van der Waals surface area contributed by atoms with E-state index in [4.69, 9.17) is 4.74 Å². The van der Waals surface area contributed by atoms with Crippen LogP contribution in [0.25, 0.3) is 11.3 Å². The van der Waals surface area contributed by atoms with Crippen LogP contribution in [-0.2, 0) is 37.2 Å². The molecular weight excluding hydrogens is 463 g/mol. The molecule has 4 rings (SSSR count). The summed E-state index contributed by atoms with van der Waals surface area (Å²) >= 11 is 0. The fourth-order valence-corrected chi connectivity index (χ4v) is 4.97. The summed E-state index contributed by atoms with van der Waals surface area (Å²) in [6, 6.07) is 8.80. The number of carboxylic acids is 1. The molecule has 0 saturated heterocycles. The Balaban J connectivity index is 1.46. The molecule has 34 heavy (non-hydrogen) atoms. The van der Waals surface area contributed by atoms with Crippen LogP contribution in [0.1, 0.15) is 35.6 Å². The number of hydrogen-bond donors (Lipinski definition) is 3. The Morgan fingerprint density at radius 2 is 2.03 bits per heavy atom. The number of carbonyl (C=O) groups is 2. The van der Waals surface area contributed by atoms with Gasteiger partial charge in [0.2, 0.25) is 0 Å². The molecule has 3 N–H and O–H groups in total. The summed E-state index contributed by atoms with van der Waals surface area (Å²) in [5.41, 5.74) is 3.87. The monoisotopic (exact) mass is 488 g/mol. The van der Waals surface area contributed by atoms with E-state index in [0.717, 1.165) is 16.7 Å². The van der Waals surface area contributed by atoms with Gasteiger partial charge in [0.05, 0.1) is 11.3 Å². The van der Waals surface area contributed by atoms with Crippen LogP contribution in [0.2, 0.25) is 0 Å². The highest BCUT2D eigenvalue weighted by molar-refractivity contribution is 7.91. The van der Waals surface area contributed by atoms with Gasteiger partial charge >= 0.3 is 5.97 Å². The van der Waals surface area contributed by atoms with E-state index < -0.39 is 27.7 Å². The van der Waals surface area contributed by atoms with Crippen molar-refractivity contribution in [3.63, 3.8) is 0 Å². The second kappa shape index (κ2) is 9.55. The molecule has 2 aromatic carbocycles. The number of carbonyl (C=O) groups excluding carboxylic acids is 1. The summed E-state index contributed by atoms with van der Waals surface area (Å²) in [5.74, 6) is -1.66. The van der Waals surface area contributed by atoms with E-state index in [1.807, 2.05) is 18.2 Å². The van der Waals surface area contributed by atoms with Crippen molar-refractivity contribution in [1.29, 1.82) is 0 Å². The summed E-state index contributed by atoms with van der Waals surface area (Å²) in [5, 5.41) is 15.0. The Bertz CT molecular complexity index is 1290. The summed E-state index contributed by atoms with van der Waals surface area (Å²) in [6.07, 6.45) is 0.530. The zero-order valence-electron chi connectivity index (χ0n) is 18.6. The highest BCUT2D eigenvalue weighted by Crippen LogP contribution is 2.41. The lowest BCUT2D eigenvalue weighted by molar-refractivity contribution is -0.139. The first-order valence-electron chi connectivity index (χ1n) is 11.0. The van der Waals surface area contributed by atoms with E-state index in [1.54, 1.807) is 0 Å². The van der Waals surface area contributed by atoms with Crippen LogP contribution in [0, 0.1) is 5.82 Å². The molecule has 0 aromatic heterocycles. The maximum absolute atomic E-state index is 13.8. The molecule has 2 aromatic rings. The lowest BCUT2D eigenvalue weighted by Crippen LogP contribution is -2.39. The van der Waals surface area contributed by atoms with Crippen molar-refractivity contribution in [2.24, 2.45) is 0 Å². The molecular formula is C24H25FN2O6S. The van der Waals surface area contributed by atoms with E-state index >= 15 is 0 Å². The van der Waals surface area contributed by atoms with Gasteiger partial charge in [-0.25, -0.2) is 12.8 Å². The number of hydrogen-bond acceptors (Lipinski definition) is 6.